The van der Waals surface area contributed by atoms with Crippen molar-refractivity contribution in [1.29, 1.82) is 0 Å². The maximum atomic E-state index is 6.30. The third-order valence-corrected chi connectivity index (χ3v) is 9.74. The Kier molecular flexibility index (Phi) is 9.70. The minimum Gasteiger partial charge on any atom is -0.488 e. The standard InChI is InChI=1S/C39H54O3/c1-10-36(4,5)40-33-19-13-29(14-20-33)30-25-27-39(28-26-30,31-15-21-34(22-16-31)41-37(6,7)11-2)32-17-23-35(24-18-32)42-38(8,9)12-3/h13-24,30H,10-12,25-28H2,1-9H3. The average molecular weight is 571 g/mol. The quantitative estimate of drug-likeness (QED) is 0.217. The van der Waals surface area contributed by atoms with E-state index < -0.39 is 0 Å². The SMILES string of the molecule is CCC(C)(C)Oc1ccc(C2CCC(c3ccc(OC(C)(C)CC)cc3)(c3ccc(OC(C)(C)CC)cc3)CC2)cc1. The number of rotatable bonds is 12. The van der Waals surface area contributed by atoms with Crippen LogP contribution in [0.25, 0.3) is 0 Å². The van der Waals surface area contributed by atoms with E-state index in [9.17, 15) is 0 Å². The van der Waals surface area contributed by atoms with E-state index >= 15 is 0 Å². The van der Waals surface area contributed by atoms with Crippen molar-refractivity contribution >= 4 is 0 Å². The van der Waals surface area contributed by atoms with Crippen LogP contribution in [0.15, 0.2) is 72.8 Å². The molecule has 4 rings (SSSR count). The van der Waals surface area contributed by atoms with Crippen LogP contribution >= 0.6 is 0 Å². The minimum atomic E-state index is -0.174. The van der Waals surface area contributed by atoms with Gasteiger partial charge in [-0.25, -0.2) is 0 Å². The number of benzene rings is 3. The zero-order valence-corrected chi connectivity index (χ0v) is 27.7. The average Bonchev–Trinajstić information content (AvgIpc) is 2.98. The van der Waals surface area contributed by atoms with Crippen molar-refractivity contribution in [3.8, 4) is 17.2 Å². The van der Waals surface area contributed by atoms with Crippen molar-refractivity contribution in [2.45, 2.75) is 135 Å². The Morgan fingerprint density at radius 1 is 0.524 bits per heavy atom. The largest absolute Gasteiger partial charge is 0.488 e. The second-order valence-corrected chi connectivity index (χ2v) is 14.1. The highest BCUT2D eigenvalue weighted by atomic mass is 16.5. The summed E-state index contributed by atoms with van der Waals surface area (Å²) in [7, 11) is 0. The lowest BCUT2D eigenvalue weighted by molar-refractivity contribution is 0.105. The zero-order valence-electron chi connectivity index (χ0n) is 27.7. The lowest BCUT2D eigenvalue weighted by atomic mass is 9.62. The Bertz CT molecular complexity index is 1200. The lowest BCUT2D eigenvalue weighted by Gasteiger charge is -2.42. The molecule has 1 aliphatic rings. The molecule has 3 aromatic rings. The highest BCUT2D eigenvalue weighted by Crippen LogP contribution is 2.49. The highest BCUT2D eigenvalue weighted by Gasteiger charge is 2.39. The van der Waals surface area contributed by atoms with E-state index in [2.05, 4.69) is 135 Å². The van der Waals surface area contributed by atoms with Gasteiger partial charge in [-0.1, -0.05) is 57.2 Å². The van der Waals surface area contributed by atoms with Crippen LogP contribution in [0.4, 0.5) is 0 Å². The van der Waals surface area contributed by atoms with Gasteiger partial charge in [-0.3, -0.25) is 0 Å². The molecule has 0 spiro atoms. The summed E-state index contributed by atoms with van der Waals surface area (Å²) < 4.78 is 18.8. The molecular weight excluding hydrogens is 516 g/mol. The number of hydrogen-bond donors (Lipinski definition) is 0. The van der Waals surface area contributed by atoms with E-state index in [1.165, 1.54) is 16.7 Å². The summed E-state index contributed by atoms with van der Waals surface area (Å²) in [5, 5.41) is 0. The van der Waals surface area contributed by atoms with Crippen LogP contribution in [0.2, 0.25) is 0 Å². The predicted molar refractivity (Wildman–Crippen MR) is 176 cm³/mol. The van der Waals surface area contributed by atoms with Gasteiger partial charge >= 0.3 is 0 Å². The second kappa shape index (κ2) is 12.7. The van der Waals surface area contributed by atoms with Crippen LogP contribution in [0.1, 0.15) is 130 Å². The van der Waals surface area contributed by atoms with Crippen LogP contribution in [0.3, 0.4) is 0 Å². The molecule has 0 radical (unpaired) electrons. The van der Waals surface area contributed by atoms with E-state index in [0.717, 1.165) is 62.2 Å². The van der Waals surface area contributed by atoms with Gasteiger partial charge < -0.3 is 14.2 Å². The molecule has 0 aliphatic heterocycles. The van der Waals surface area contributed by atoms with Gasteiger partial charge in [0.25, 0.3) is 0 Å². The molecule has 0 unspecified atom stereocenters. The molecule has 42 heavy (non-hydrogen) atoms. The van der Waals surface area contributed by atoms with Crippen molar-refractivity contribution in [2.75, 3.05) is 0 Å². The molecule has 0 amide bonds. The van der Waals surface area contributed by atoms with Gasteiger partial charge in [0, 0.05) is 5.41 Å². The van der Waals surface area contributed by atoms with Crippen molar-refractivity contribution in [3.05, 3.63) is 89.5 Å². The van der Waals surface area contributed by atoms with E-state index in [0.29, 0.717) is 5.92 Å². The zero-order chi connectivity index (χ0) is 30.6. The van der Waals surface area contributed by atoms with Gasteiger partial charge in [0.2, 0.25) is 0 Å². The summed E-state index contributed by atoms with van der Waals surface area (Å²) >= 11 is 0. The highest BCUT2D eigenvalue weighted by molar-refractivity contribution is 5.45. The fraction of sp³-hybridized carbons (Fsp3) is 0.538. The maximum Gasteiger partial charge on any atom is 0.120 e. The second-order valence-electron chi connectivity index (χ2n) is 14.1. The first-order valence-electron chi connectivity index (χ1n) is 16.2. The summed E-state index contributed by atoms with van der Waals surface area (Å²) in [6.07, 6.45) is 7.39. The Hall–Kier alpha value is -2.94. The minimum absolute atomic E-state index is 0.0394. The fourth-order valence-corrected chi connectivity index (χ4v) is 5.85. The molecule has 1 aliphatic carbocycles. The molecular formula is C39H54O3. The smallest absolute Gasteiger partial charge is 0.120 e. The van der Waals surface area contributed by atoms with Crippen molar-refractivity contribution in [1.82, 2.24) is 0 Å². The van der Waals surface area contributed by atoms with Crippen LogP contribution in [-0.4, -0.2) is 16.8 Å². The van der Waals surface area contributed by atoms with Gasteiger partial charge in [-0.2, -0.15) is 0 Å². The first-order chi connectivity index (χ1) is 19.8. The monoisotopic (exact) mass is 570 g/mol. The van der Waals surface area contributed by atoms with Crippen LogP contribution in [0, 0.1) is 0 Å². The molecule has 0 saturated heterocycles. The molecule has 3 aromatic carbocycles. The molecule has 0 bridgehead atoms. The molecule has 1 fully saturated rings. The summed E-state index contributed by atoms with van der Waals surface area (Å²) in [4.78, 5) is 0. The van der Waals surface area contributed by atoms with Crippen LogP contribution in [-0.2, 0) is 5.41 Å². The summed E-state index contributed by atoms with van der Waals surface area (Å²) in [5.74, 6) is 3.38. The Labute approximate surface area is 256 Å². The number of hydrogen-bond acceptors (Lipinski definition) is 3. The summed E-state index contributed by atoms with van der Waals surface area (Å²) in [5.41, 5.74) is 3.62. The Morgan fingerprint density at radius 3 is 1.14 bits per heavy atom. The van der Waals surface area contributed by atoms with E-state index in [1.54, 1.807) is 0 Å². The normalized spacial score (nSPS) is 16.2. The topological polar surface area (TPSA) is 27.7 Å². The molecule has 3 nitrogen and oxygen atoms in total. The van der Waals surface area contributed by atoms with Gasteiger partial charge in [0.05, 0.1) is 0 Å². The molecule has 0 atom stereocenters. The first kappa shape index (κ1) is 32.0. The first-order valence-corrected chi connectivity index (χ1v) is 16.2. The van der Waals surface area contributed by atoms with Crippen LogP contribution in [0.5, 0.6) is 17.2 Å². The maximum absolute atomic E-state index is 6.30. The van der Waals surface area contributed by atoms with Crippen LogP contribution < -0.4 is 14.2 Å². The Balaban J connectivity index is 1.59. The third-order valence-electron chi connectivity index (χ3n) is 9.74. The van der Waals surface area contributed by atoms with Gasteiger partial charge in [0.15, 0.2) is 0 Å². The van der Waals surface area contributed by atoms with E-state index in [-0.39, 0.29) is 22.2 Å². The van der Waals surface area contributed by atoms with Crippen molar-refractivity contribution in [3.63, 3.8) is 0 Å². The molecule has 0 heterocycles. The molecule has 3 heteroatoms. The van der Waals surface area contributed by atoms with Crippen molar-refractivity contribution in [2.24, 2.45) is 0 Å². The fourth-order valence-electron chi connectivity index (χ4n) is 5.85. The predicted octanol–water partition coefficient (Wildman–Crippen LogP) is 11.0. The molecule has 0 aromatic heterocycles. The third kappa shape index (κ3) is 7.71. The summed E-state index contributed by atoms with van der Waals surface area (Å²) in [6.45, 7) is 19.4. The Morgan fingerprint density at radius 2 is 0.833 bits per heavy atom. The number of ether oxygens (including phenoxy) is 3. The van der Waals surface area contributed by atoms with Crippen molar-refractivity contribution < 1.29 is 14.2 Å². The molecule has 228 valence electrons. The summed E-state index contributed by atoms with van der Waals surface area (Å²) in [6, 6.07) is 26.7. The van der Waals surface area contributed by atoms with E-state index in [4.69, 9.17) is 14.2 Å². The van der Waals surface area contributed by atoms with Gasteiger partial charge in [-0.15, -0.1) is 0 Å². The van der Waals surface area contributed by atoms with E-state index in [1.807, 2.05) is 0 Å². The molecule has 1 saturated carbocycles. The van der Waals surface area contributed by atoms with Gasteiger partial charge in [-0.05, 0) is 145 Å². The lowest BCUT2D eigenvalue weighted by Crippen LogP contribution is -2.33. The molecule has 0 N–H and O–H groups in total. The van der Waals surface area contributed by atoms with Gasteiger partial charge in [0.1, 0.15) is 34.1 Å².